The van der Waals surface area contributed by atoms with Crippen LogP contribution in [0.1, 0.15) is 20.3 Å². The molecule has 23 heavy (non-hydrogen) atoms. The molecule has 8 heteroatoms. The smallest absolute Gasteiger partial charge is 0.273 e. The Morgan fingerprint density at radius 3 is 2.70 bits per heavy atom. The molecule has 1 aliphatic heterocycles. The number of carbonyl (C=O) groups excluding carboxylic acids is 2. The highest BCUT2D eigenvalue weighted by atomic mass is 16.6. The van der Waals surface area contributed by atoms with Crippen LogP contribution in [0, 0.1) is 16.0 Å². The van der Waals surface area contributed by atoms with Gasteiger partial charge in [0, 0.05) is 25.1 Å². The predicted molar refractivity (Wildman–Crippen MR) is 83.2 cm³/mol. The van der Waals surface area contributed by atoms with Gasteiger partial charge in [0.15, 0.2) is 0 Å². The summed E-state index contributed by atoms with van der Waals surface area (Å²) in [4.78, 5) is 36.1. The highest BCUT2D eigenvalue weighted by Gasteiger charge is 2.35. The molecular formula is C15H19N3O5. The van der Waals surface area contributed by atoms with Crippen LogP contribution in [0.4, 0.5) is 11.4 Å². The Hall–Kier alpha value is -2.64. The lowest BCUT2D eigenvalue weighted by Gasteiger charge is -2.20. The number of nitrogens with zero attached hydrogens (tertiary/aromatic N) is 2. The molecule has 1 N–H and O–H groups in total. The number of hydrogen-bond acceptors (Lipinski definition) is 5. The highest BCUT2D eigenvalue weighted by molar-refractivity contribution is 5.98. The van der Waals surface area contributed by atoms with Crippen LogP contribution in [0.25, 0.3) is 0 Å². The van der Waals surface area contributed by atoms with Crippen LogP contribution in [0.3, 0.4) is 0 Å². The number of anilines is 1. The summed E-state index contributed by atoms with van der Waals surface area (Å²) in [7, 11) is 1.37. The van der Waals surface area contributed by atoms with E-state index in [1.807, 2.05) is 13.8 Å². The Labute approximate surface area is 133 Å². The topological polar surface area (TPSA) is 102 Å². The lowest BCUT2D eigenvalue weighted by Crippen LogP contribution is -2.33. The molecule has 8 nitrogen and oxygen atoms in total. The number of non-ortho nitro benzene ring substituents is 1. The van der Waals surface area contributed by atoms with Crippen molar-refractivity contribution in [3.8, 4) is 5.75 Å². The van der Waals surface area contributed by atoms with Gasteiger partial charge in [0.1, 0.15) is 5.75 Å². The van der Waals surface area contributed by atoms with E-state index in [1.165, 1.54) is 25.3 Å². The zero-order valence-electron chi connectivity index (χ0n) is 13.2. The summed E-state index contributed by atoms with van der Waals surface area (Å²) >= 11 is 0. The van der Waals surface area contributed by atoms with Crippen LogP contribution in [0.15, 0.2) is 18.2 Å². The van der Waals surface area contributed by atoms with Crippen molar-refractivity contribution in [1.29, 1.82) is 0 Å². The SMILES string of the molecule is COc1cc([N+](=O)[O-])ccc1NC(=O)C1CC(=O)N(C(C)C)C1. The quantitative estimate of drug-likeness (QED) is 0.658. The number of ether oxygens (including phenoxy) is 1. The van der Waals surface area contributed by atoms with Crippen LogP contribution >= 0.6 is 0 Å². The number of nitrogens with one attached hydrogen (secondary N) is 1. The minimum Gasteiger partial charge on any atom is -0.494 e. The molecule has 0 spiro atoms. The third kappa shape index (κ3) is 3.58. The van der Waals surface area contributed by atoms with Crippen molar-refractivity contribution in [1.82, 2.24) is 4.90 Å². The van der Waals surface area contributed by atoms with E-state index in [0.717, 1.165) is 0 Å². The molecule has 0 aromatic heterocycles. The zero-order valence-corrected chi connectivity index (χ0v) is 13.2. The highest BCUT2D eigenvalue weighted by Crippen LogP contribution is 2.30. The van der Waals surface area contributed by atoms with Crippen LogP contribution in [0.2, 0.25) is 0 Å². The van der Waals surface area contributed by atoms with Crippen LogP contribution < -0.4 is 10.1 Å². The van der Waals surface area contributed by atoms with E-state index >= 15 is 0 Å². The molecule has 1 aliphatic rings. The Morgan fingerprint density at radius 2 is 2.17 bits per heavy atom. The van der Waals surface area contributed by atoms with E-state index in [0.29, 0.717) is 12.2 Å². The Kier molecular flexibility index (Phi) is 4.83. The fraction of sp³-hybridized carbons (Fsp3) is 0.467. The number of rotatable bonds is 5. The minimum absolute atomic E-state index is 0.0455. The number of carbonyl (C=O) groups is 2. The van der Waals surface area contributed by atoms with Gasteiger partial charge in [0.2, 0.25) is 11.8 Å². The summed E-state index contributed by atoms with van der Waals surface area (Å²) in [6.07, 6.45) is 0.166. The molecule has 1 atom stereocenters. The minimum atomic E-state index is -0.537. The molecule has 1 aromatic rings. The summed E-state index contributed by atoms with van der Waals surface area (Å²) in [5, 5.41) is 13.5. The normalized spacial score (nSPS) is 17.5. The van der Waals surface area contributed by atoms with Gasteiger partial charge in [-0.15, -0.1) is 0 Å². The van der Waals surface area contributed by atoms with Gasteiger partial charge in [-0.25, -0.2) is 0 Å². The molecule has 1 unspecified atom stereocenters. The maximum atomic E-state index is 12.3. The van der Waals surface area contributed by atoms with E-state index in [2.05, 4.69) is 5.32 Å². The molecule has 0 aliphatic carbocycles. The molecule has 2 rings (SSSR count). The molecular weight excluding hydrogens is 302 g/mol. The van der Waals surface area contributed by atoms with Gasteiger partial charge in [-0.2, -0.15) is 0 Å². The van der Waals surface area contributed by atoms with Crippen molar-refractivity contribution in [2.24, 2.45) is 5.92 Å². The maximum absolute atomic E-state index is 12.3. The van der Waals surface area contributed by atoms with Gasteiger partial charge in [-0.3, -0.25) is 19.7 Å². The van der Waals surface area contributed by atoms with Gasteiger partial charge in [0.05, 0.1) is 29.7 Å². The van der Waals surface area contributed by atoms with Gasteiger partial charge >= 0.3 is 0 Å². The monoisotopic (exact) mass is 321 g/mol. The van der Waals surface area contributed by atoms with Crippen LogP contribution in [0.5, 0.6) is 5.75 Å². The summed E-state index contributed by atoms with van der Waals surface area (Å²) in [6, 6.07) is 4.01. The molecule has 1 fully saturated rings. The Balaban J connectivity index is 2.12. The van der Waals surface area contributed by atoms with Gasteiger partial charge in [0.25, 0.3) is 5.69 Å². The summed E-state index contributed by atoms with van der Waals surface area (Å²) in [5.74, 6) is -0.577. The molecule has 1 saturated heterocycles. The maximum Gasteiger partial charge on any atom is 0.273 e. The zero-order chi connectivity index (χ0) is 17.1. The van der Waals surface area contributed by atoms with E-state index in [9.17, 15) is 19.7 Å². The molecule has 0 bridgehead atoms. The second-order valence-electron chi connectivity index (χ2n) is 5.67. The largest absolute Gasteiger partial charge is 0.494 e. The van der Waals surface area contributed by atoms with Crippen molar-refractivity contribution in [2.45, 2.75) is 26.3 Å². The fourth-order valence-corrected chi connectivity index (χ4v) is 2.54. The molecule has 1 heterocycles. The first kappa shape index (κ1) is 16.7. The number of amides is 2. The average Bonchev–Trinajstić information content (AvgIpc) is 2.89. The molecule has 124 valence electrons. The number of nitro groups is 1. The summed E-state index contributed by atoms with van der Waals surface area (Å²) in [6.45, 7) is 4.17. The third-order valence-corrected chi connectivity index (χ3v) is 3.81. The lowest BCUT2D eigenvalue weighted by atomic mass is 10.1. The Morgan fingerprint density at radius 1 is 1.48 bits per heavy atom. The first-order valence-corrected chi connectivity index (χ1v) is 7.26. The first-order valence-electron chi connectivity index (χ1n) is 7.26. The number of methoxy groups -OCH3 is 1. The number of nitro benzene ring substituents is 1. The van der Waals surface area contributed by atoms with Crippen molar-refractivity contribution < 1.29 is 19.2 Å². The van der Waals surface area contributed by atoms with E-state index < -0.39 is 10.8 Å². The molecule has 2 amide bonds. The van der Waals surface area contributed by atoms with Crippen molar-refractivity contribution in [3.63, 3.8) is 0 Å². The first-order chi connectivity index (χ1) is 10.8. The second-order valence-corrected chi connectivity index (χ2v) is 5.67. The van der Waals surface area contributed by atoms with E-state index in [1.54, 1.807) is 4.90 Å². The summed E-state index contributed by atoms with van der Waals surface area (Å²) in [5.41, 5.74) is 0.223. The van der Waals surface area contributed by atoms with Crippen LogP contribution in [-0.4, -0.2) is 41.3 Å². The Bertz CT molecular complexity index is 644. The van der Waals surface area contributed by atoms with E-state index in [4.69, 9.17) is 4.74 Å². The predicted octanol–water partition coefficient (Wildman–Crippen LogP) is 1.80. The number of likely N-dealkylation sites (tertiary alicyclic amines) is 1. The molecule has 0 saturated carbocycles. The van der Waals surface area contributed by atoms with Gasteiger partial charge in [-0.05, 0) is 19.9 Å². The second kappa shape index (κ2) is 6.64. The standard InChI is InChI=1S/C15H19N3O5/c1-9(2)17-8-10(6-14(17)19)15(20)16-12-5-4-11(18(21)22)7-13(12)23-3/h4-5,7,9-10H,6,8H2,1-3H3,(H,16,20). The average molecular weight is 321 g/mol. The van der Waals surface area contributed by atoms with Crippen molar-refractivity contribution >= 4 is 23.2 Å². The molecule has 1 aromatic carbocycles. The number of benzene rings is 1. The van der Waals surface area contributed by atoms with Crippen molar-refractivity contribution in [3.05, 3.63) is 28.3 Å². The van der Waals surface area contributed by atoms with Crippen molar-refractivity contribution in [2.75, 3.05) is 19.0 Å². The van der Waals surface area contributed by atoms with E-state index in [-0.39, 0.29) is 35.7 Å². The number of hydrogen-bond donors (Lipinski definition) is 1. The fourth-order valence-electron chi connectivity index (χ4n) is 2.54. The van der Waals surface area contributed by atoms with Gasteiger partial charge < -0.3 is 15.0 Å². The lowest BCUT2D eigenvalue weighted by molar-refractivity contribution is -0.384. The molecule has 0 radical (unpaired) electrons. The summed E-state index contributed by atoms with van der Waals surface area (Å²) < 4.78 is 5.08. The van der Waals surface area contributed by atoms with Crippen LogP contribution in [-0.2, 0) is 9.59 Å². The van der Waals surface area contributed by atoms with Gasteiger partial charge in [-0.1, -0.05) is 0 Å². The third-order valence-electron chi connectivity index (χ3n) is 3.81.